The molecule has 2 saturated heterocycles. The summed E-state index contributed by atoms with van der Waals surface area (Å²) in [5.41, 5.74) is 12.9. The van der Waals surface area contributed by atoms with Crippen LogP contribution in [0.2, 0.25) is 0 Å². The summed E-state index contributed by atoms with van der Waals surface area (Å²) in [6, 6.07) is 15.0. The number of ether oxygens (including phenoxy) is 1. The van der Waals surface area contributed by atoms with Crippen molar-refractivity contribution in [2.45, 2.75) is 31.7 Å². The van der Waals surface area contributed by atoms with Gasteiger partial charge in [-0.25, -0.2) is 14.8 Å². The van der Waals surface area contributed by atoms with Gasteiger partial charge < -0.3 is 20.3 Å². The molecule has 3 aliphatic rings. The molecule has 0 bridgehead atoms. The van der Waals surface area contributed by atoms with Gasteiger partial charge in [0.25, 0.3) is 0 Å². The zero-order valence-corrected chi connectivity index (χ0v) is 20.9. The smallest absolute Gasteiger partial charge is 0.334 e. The second-order valence-corrected chi connectivity index (χ2v) is 9.92. The molecule has 5 rings (SSSR count). The van der Waals surface area contributed by atoms with Crippen LogP contribution in [-0.2, 0) is 11.2 Å². The maximum Gasteiger partial charge on any atom is 0.334 e. The summed E-state index contributed by atoms with van der Waals surface area (Å²) >= 11 is 0. The van der Waals surface area contributed by atoms with E-state index < -0.39 is 6.03 Å². The highest BCUT2D eigenvalue weighted by atomic mass is 16.5. The van der Waals surface area contributed by atoms with Gasteiger partial charge in [0.2, 0.25) is 0 Å². The summed E-state index contributed by atoms with van der Waals surface area (Å²) in [5.74, 6) is 0. The number of nitrogens with two attached hydrogens (primary N) is 1. The van der Waals surface area contributed by atoms with Crippen LogP contribution in [0.1, 0.15) is 36.0 Å². The van der Waals surface area contributed by atoms with E-state index in [1.807, 2.05) is 18.1 Å². The fourth-order valence-electron chi connectivity index (χ4n) is 5.56. The number of anilines is 2. The van der Waals surface area contributed by atoms with E-state index >= 15 is 0 Å². The fourth-order valence-corrected chi connectivity index (χ4v) is 5.56. The van der Waals surface area contributed by atoms with E-state index in [2.05, 4.69) is 59.3 Å². The van der Waals surface area contributed by atoms with E-state index in [4.69, 9.17) is 10.5 Å². The molecule has 7 nitrogen and oxygen atoms in total. The third-order valence-electron chi connectivity index (χ3n) is 7.66. The Kier molecular flexibility index (Phi) is 7.09. The largest absolute Gasteiger partial charge is 0.381 e. The molecule has 0 unspecified atom stereocenters. The second-order valence-electron chi connectivity index (χ2n) is 9.92. The molecule has 2 amide bonds. The van der Waals surface area contributed by atoms with Crippen molar-refractivity contribution in [3.05, 3.63) is 65.2 Å². The van der Waals surface area contributed by atoms with Crippen molar-refractivity contribution in [1.29, 1.82) is 0 Å². The van der Waals surface area contributed by atoms with Gasteiger partial charge in [0.15, 0.2) is 0 Å². The molecule has 0 aromatic heterocycles. The Bertz CT molecular complexity index is 1080. The summed E-state index contributed by atoms with van der Waals surface area (Å²) in [6.45, 7) is 5.84. The topological polar surface area (TPSA) is 65.3 Å². The summed E-state index contributed by atoms with van der Waals surface area (Å²) in [5, 5.41) is 3.60. The molecule has 2 aromatic carbocycles. The molecular formula is C28H37N5O2. The lowest BCUT2D eigenvalue weighted by atomic mass is 9.98. The molecule has 0 saturated carbocycles. The quantitative estimate of drug-likeness (QED) is 0.668. The van der Waals surface area contributed by atoms with Crippen LogP contribution in [-0.4, -0.2) is 75.5 Å². The number of fused-ring (bicyclic) bond motifs is 1. The van der Waals surface area contributed by atoms with Gasteiger partial charge in [-0.3, -0.25) is 0 Å². The number of primary amides is 1. The average molecular weight is 476 g/mol. The molecular weight excluding hydrogens is 438 g/mol. The van der Waals surface area contributed by atoms with E-state index in [-0.39, 0.29) is 6.04 Å². The van der Waals surface area contributed by atoms with Crippen molar-refractivity contribution in [3.8, 4) is 0 Å². The Hall–Kier alpha value is -2.87. The second kappa shape index (κ2) is 10.4. The number of hydrogen-bond donors (Lipinski definition) is 1. The van der Waals surface area contributed by atoms with Crippen LogP contribution >= 0.6 is 0 Å². The summed E-state index contributed by atoms with van der Waals surface area (Å²) in [4.78, 5) is 17.4. The first-order chi connectivity index (χ1) is 17.0. The molecule has 7 heteroatoms. The number of carbonyl (C=O) groups excluding carboxylic acids is 1. The highest BCUT2D eigenvalue weighted by molar-refractivity contribution is 5.92. The zero-order chi connectivity index (χ0) is 24.4. The summed E-state index contributed by atoms with van der Waals surface area (Å²) in [7, 11) is 4.15. The third kappa shape index (κ3) is 5.08. The number of urea groups is 1. The van der Waals surface area contributed by atoms with Gasteiger partial charge in [0.1, 0.15) is 0 Å². The minimum atomic E-state index is -0.463. The van der Waals surface area contributed by atoms with Gasteiger partial charge >= 0.3 is 6.03 Å². The fraction of sp³-hybridized carbons (Fsp3) is 0.464. The van der Waals surface area contributed by atoms with Crippen LogP contribution in [0, 0.1) is 0 Å². The summed E-state index contributed by atoms with van der Waals surface area (Å²) < 4.78 is 5.50. The first kappa shape index (κ1) is 23.9. The Balaban J connectivity index is 1.37. The molecule has 2 aromatic rings. The van der Waals surface area contributed by atoms with Crippen molar-refractivity contribution in [1.82, 2.24) is 9.91 Å². The highest BCUT2D eigenvalue weighted by Gasteiger charge is 2.28. The molecule has 0 atom stereocenters. The van der Waals surface area contributed by atoms with Gasteiger partial charge in [-0.15, -0.1) is 0 Å². The summed E-state index contributed by atoms with van der Waals surface area (Å²) in [6.07, 6.45) is 6.16. The Morgan fingerprint density at radius 2 is 1.80 bits per heavy atom. The van der Waals surface area contributed by atoms with Crippen LogP contribution in [0.25, 0.3) is 5.57 Å². The number of carbonyl (C=O) groups is 1. The average Bonchev–Trinajstić information content (AvgIpc) is 3.17. The monoisotopic (exact) mass is 475 g/mol. The number of likely N-dealkylation sites (N-methyl/N-ethyl adjacent to an activating group) is 1. The Morgan fingerprint density at radius 1 is 1.03 bits per heavy atom. The molecule has 186 valence electrons. The van der Waals surface area contributed by atoms with Crippen molar-refractivity contribution in [2.75, 3.05) is 63.4 Å². The highest BCUT2D eigenvalue weighted by Crippen LogP contribution is 2.36. The maximum atomic E-state index is 12.5. The van der Waals surface area contributed by atoms with Gasteiger partial charge in [0.05, 0.1) is 5.69 Å². The Labute approximate surface area is 208 Å². The predicted molar refractivity (Wildman–Crippen MR) is 142 cm³/mol. The van der Waals surface area contributed by atoms with E-state index in [1.165, 1.54) is 34.4 Å². The first-order valence-electron chi connectivity index (χ1n) is 12.8. The minimum Gasteiger partial charge on any atom is -0.381 e. The first-order valence-corrected chi connectivity index (χ1v) is 12.8. The van der Waals surface area contributed by atoms with Gasteiger partial charge in [-0.1, -0.05) is 24.3 Å². The van der Waals surface area contributed by atoms with Crippen LogP contribution < -0.4 is 15.6 Å². The number of hydrazine groups is 1. The SMILES string of the molecule is CN1CCCN(c2ccc(C3=CCc4ccc(N(C(N)=O)N(C)C5CCOCC5)cc43)cc2)CC1. The van der Waals surface area contributed by atoms with E-state index in [1.54, 1.807) is 5.01 Å². The van der Waals surface area contributed by atoms with E-state index in [0.717, 1.165) is 51.1 Å². The number of hydrogen-bond acceptors (Lipinski definition) is 5. The predicted octanol–water partition coefficient (Wildman–Crippen LogP) is 3.73. The van der Waals surface area contributed by atoms with Gasteiger partial charge in [-0.05, 0) is 85.8 Å². The number of amides is 2. The number of nitrogens with zero attached hydrogens (tertiary/aromatic N) is 4. The van der Waals surface area contributed by atoms with Crippen molar-refractivity contribution in [2.24, 2.45) is 5.73 Å². The van der Waals surface area contributed by atoms with Crippen molar-refractivity contribution >= 4 is 23.0 Å². The van der Waals surface area contributed by atoms with Crippen LogP contribution in [0.15, 0.2) is 48.5 Å². The van der Waals surface area contributed by atoms with Crippen LogP contribution in [0.3, 0.4) is 0 Å². The molecule has 0 radical (unpaired) electrons. The van der Waals surface area contributed by atoms with Crippen molar-refractivity contribution < 1.29 is 9.53 Å². The Morgan fingerprint density at radius 3 is 2.54 bits per heavy atom. The standard InChI is InChI=1S/C28H37N5O2/c1-30-14-3-15-32(17-16-30)24-8-4-21(5-9-24)26-11-7-22-6-10-25(20-27(22)26)33(28(29)34)31(2)23-12-18-35-19-13-23/h4-6,8-11,20,23H,3,7,12-19H2,1-2H3,(H2,29,34). The van der Waals surface area contributed by atoms with E-state index in [0.29, 0.717) is 13.2 Å². The molecule has 35 heavy (non-hydrogen) atoms. The van der Waals surface area contributed by atoms with Gasteiger partial charge in [0, 0.05) is 51.6 Å². The zero-order valence-electron chi connectivity index (χ0n) is 20.9. The van der Waals surface area contributed by atoms with Crippen LogP contribution in [0.5, 0.6) is 0 Å². The molecule has 2 N–H and O–H groups in total. The lowest BCUT2D eigenvalue weighted by molar-refractivity contribution is 0.0420. The number of benzene rings is 2. The normalized spacial score (nSPS) is 19.4. The number of rotatable bonds is 5. The van der Waals surface area contributed by atoms with E-state index in [9.17, 15) is 4.79 Å². The lowest BCUT2D eigenvalue weighted by Gasteiger charge is -2.38. The lowest BCUT2D eigenvalue weighted by Crippen LogP contribution is -2.53. The van der Waals surface area contributed by atoms with Crippen LogP contribution in [0.4, 0.5) is 16.2 Å². The molecule has 1 aliphatic carbocycles. The molecule has 2 heterocycles. The van der Waals surface area contributed by atoms with Crippen molar-refractivity contribution in [3.63, 3.8) is 0 Å². The third-order valence-corrected chi connectivity index (χ3v) is 7.66. The number of allylic oxidation sites excluding steroid dienone is 1. The molecule has 2 aliphatic heterocycles. The minimum absolute atomic E-state index is 0.228. The molecule has 0 spiro atoms. The molecule has 2 fully saturated rings. The maximum absolute atomic E-state index is 12.5. The van der Waals surface area contributed by atoms with Gasteiger partial charge in [-0.2, -0.15) is 0 Å².